The summed E-state index contributed by atoms with van der Waals surface area (Å²) in [5.74, 6) is 1.82. The lowest BCUT2D eigenvalue weighted by atomic mass is 9.42. The van der Waals surface area contributed by atoms with E-state index in [0.29, 0.717) is 42.4 Å². The molecule has 5 heteroatoms. The maximum absolute atomic E-state index is 12.4. The Kier molecular flexibility index (Phi) is 6.06. The lowest BCUT2D eigenvalue weighted by molar-refractivity contribution is -0.183. The van der Waals surface area contributed by atoms with E-state index in [2.05, 4.69) is 33.0 Å². The van der Waals surface area contributed by atoms with Crippen LogP contribution < -0.4 is 5.32 Å². The van der Waals surface area contributed by atoms with Crippen LogP contribution in [0, 0.1) is 45.8 Å². The molecule has 4 N–H and O–H groups in total. The number of nitrogens with one attached hydrogen (secondary N) is 1. The fourth-order valence-corrected chi connectivity index (χ4v) is 8.81. The number of aliphatic carboxylic acids is 1. The average Bonchev–Trinajstić information content (AvgIpc) is 2.94. The van der Waals surface area contributed by atoms with Crippen molar-refractivity contribution < 1.29 is 20.1 Å². The molecule has 4 rings (SSSR count). The number of carboxylic acid groups (broad SMARTS) is 1. The summed E-state index contributed by atoms with van der Waals surface area (Å²) in [7, 11) is 0. The molecule has 0 saturated heterocycles. The first kappa shape index (κ1) is 23.5. The van der Waals surface area contributed by atoms with Gasteiger partial charge in [-0.1, -0.05) is 27.7 Å². The molecule has 31 heavy (non-hydrogen) atoms. The Morgan fingerprint density at radius 2 is 1.77 bits per heavy atom. The molecule has 0 aromatic heterocycles. The predicted octanol–water partition coefficient (Wildman–Crippen LogP) is 4.07. The molecule has 0 bridgehead atoms. The minimum Gasteiger partial charge on any atom is -0.481 e. The largest absolute Gasteiger partial charge is 0.481 e. The van der Waals surface area contributed by atoms with E-state index in [4.69, 9.17) is 0 Å². The Labute approximate surface area is 188 Å². The highest BCUT2D eigenvalue weighted by atomic mass is 16.4. The van der Waals surface area contributed by atoms with Gasteiger partial charge in [0.2, 0.25) is 0 Å². The summed E-state index contributed by atoms with van der Waals surface area (Å²) in [5.41, 5.74) is -0.868. The van der Waals surface area contributed by atoms with E-state index in [9.17, 15) is 20.1 Å². The number of carboxylic acids is 1. The Hall–Kier alpha value is -0.650. The van der Waals surface area contributed by atoms with E-state index in [1.807, 2.05) is 6.92 Å². The fourth-order valence-electron chi connectivity index (χ4n) is 8.81. The van der Waals surface area contributed by atoms with Crippen LogP contribution in [0.4, 0.5) is 0 Å². The minimum atomic E-state index is -0.666. The van der Waals surface area contributed by atoms with Gasteiger partial charge in [-0.05, 0) is 105 Å². The molecule has 0 aromatic carbocycles. The zero-order chi connectivity index (χ0) is 22.8. The molecule has 0 aromatic rings. The van der Waals surface area contributed by atoms with Crippen LogP contribution in [0.1, 0.15) is 86.0 Å². The van der Waals surface area contributed by atoms with Crippen molar-refractivity contribution >= 4 is 5.97 Å². The van der Waals surface area contributed by atoms with Crippen molar-refractivity contribution in [2.24, 2.45) is 45.8 Å². The Morgan fingerprint density at radius 1 is 1.06 bits per heavy atom. The van der Waals surface area contributed by atoms with E-state index >= 15 is 0 Å². The van der Waals surface area contributed by atoms with Crippen LogP contribution in [-0.4, -0.2) is 46.1 Å². The SMILES string of the molecule is CC(C)CCNC1C[C@@]2(C)[C@@H](CCC2(C)C(=O)O)[C@@H]2CCC3CC(O)C(O)C[C@]3(C)[C@H]12. The summed E-state index contributed by atoms with van der Waals surface area (Å²) >= 11 is 0. The van der Waals surface area contributed by atoms with Gasteiger partial charge >= 0.3 is 5.97 Å². The number of hydrogen-bond acceptors (Lipinski definition) is 4. The molecule has 4 aliphatic rings. The van der Waals surface area contributed by atoms with Crippen LogP contribution in [0.3, 0.4) is 0 Å². The van der Waals surface area contributed by atoms with Crippen molar-refractivity contribution in [3.05, 3.63) is 0 Å². The van der Waals surface area contributed by atoms with Gasteiger partial charge in [-0.15, -0.1) is 0 Å². The second-order valence-electron chi connectivity index (χ2n) is 12.7. The molecule has 178 valence electrons. The molecule has 4 aliphatic carbocycles. The van der Waals surface area contributed by atoms with E-state index in [-0.39, 0.29) is 16.9 Å². The summed E-state index contributed by atoms with van der Waals surface area (Å²) in [6.45, 7) is 12.1. The van der Waals surface area contributed by atoms with Crippen LogP contribution >= 0.6 is 0 Å². The number of carbonyl (C=O) groups is 1. The van der Waals surface area contributed by atoms with Gasteiger partial charge in [-0.3, -0.25) is 4.79 Å². The molecule has 4 saturated carbocycles. The topological polar surface area (TPSA) is 89.8 Å². The van der Waals surface area contributed by atoms with Crippen molar-refractivity contribution in [3.63, 3.8) is 0 Å². The van der Waals surface area contributed by atoms with E-state index in [0.717, 1.165) is 45.1 Å². The van der Waals surface area contributed by atoms with E-state index in [1.54, 1.807) is 0 Å². The number of aliphatic hydroxyl groups is 2. The maximum Gasteiger partial charge on any atom is 0.309 e. The van der Waals surface area contributed by atoms with Gasteiger partial charge in [-0.2, -0.15) is 0 Å². The standard InChI is InChI=1S/C26H45NO4/c1-15(2)9-11-27-19-13-26(5)18(8-10-25(26,4)23(30)31)17-7-6-16-12-20(28)21(29)14-24(16,3)22(17)19/h15-22,27-29H,6-14H2,1-5H3,(H,30,31)/t16?,17-,18-,19?,20?,21?,22-,24-,25?,26-/m0/s1. The van der Waals surface area contributed by atoms with Crippen molar-refractivity contribution in [3.8, 4) is 0 Å². The quantitative estimate of drug-likeness (QED) is 0.523. The third-order valence-corrected chi connectivity index (χ3v) is 10.9. The van der Waals surface area contributed by atoms with Gasteiger partial charge in [-0.25, -0.2) is 0 Å². The summed E-state index contributed by atoms with van der Waals surface area (Å²) in [4.78, 5) is 12.4. The summed E-state index contributed by atoms with van der Waals surface area (Å²) in [5, 5.41) is 35.2. The highest BCUT2D eigenvalue weighted by Gasteiger charge is 2.68. The minimum absolute atomic E-state index is 0.000601. The zero-order valence-corrected chi connectivity index (χ0v) is 20.2. The molecule has 10 atom stereocenters. The molecule has 0 spiro atoms. The van der Waals surface area contributed by atoms with Crippen molar-refractivity contribution in [2.45, 2.75) is 104 Å². The van der Waals surface area contributed by atoms with Gasteiger partial charge in [0.05, 0.1) is 17.6 Å². The second-order valence-corrected chi connectivity index (χ2v) is 12.7. The molecule has 0 radical (unpaired) electrons. The highest BCUT2D eigenvalue weighted by Crippen LogP contribution is 2.70. The molecule has 5 nitrogen and oxygen atoms in total. The smallest absolute Gasteiger partial charge is 0.309 e. The summed E-state index contributed by atoms with van der Waals surface area (Å²) in [6.07, 6.45) is 6.15. The van der Waals surface area contributed by atoms with Gasteiger partial charge in [0.15, 0.2) is 0 Å². The van der Waals surface area contributed by atoms with Crippen LogP contribution in [0.5, 0.6) is 0 Å². The summed E-state index contributed by atoms with van der Waals surface area (Å²) < 4.78 is 0. The Morgan fingerprint density at radius 3 is 2.42 bits per heavy atom. The van der Waals surface area contributed by atoms with Gasteiger partial charge in [0.1, 0.15) is 0 Å². The Balaban J connectivity index is 1.70. The van der Waals surface area contributed by atoms with Gasteiger partial charge in [0.25, 0.3) is 0 Å². The number of rotatable bonds is 5. The second kappa shape index (κ2) is 7.99. The van der Waals surface area contributed by atoms with Crippen molar-refractivity contribution in [1.82, 2.24) is 5.32 Å². The predicted molar refractivity (Wildman–Crippen MR) is 121 cm³/mol. The molecule has 0 heterocycles. The van der Waals surface area contributed by atoms with E-state index in [1.165, 1.54) is 0 Å². The molecule has 0 aliphatic heterocycles. The van der Waals surface area contributed by atoms with Gasteiger partial charge in [0, 0.05) is 6.04 Å². The van der Waals surface area contributed by atoms with Crippen LogP contribution in [0.15, 0.2) is 0 Å². The third-order valence-electron chi connectivity index (χ3n) is 10.9. The molecule has 4 fully saturated rings. The first-order valence-electron chi connectivity index (χ1n) is 12.8. The lowest BCUT2D eigenvalue weighted by Crippen LogP contribution is -2.65. The molecular weight excluding hydrogens is 390 g/mol. The lowest BCUT2D eigenvalue weighted by Gasteiger charge is -2.64. The first-order valence-corrected chi connectivity index (χ1v) is 12.8. The fraction of sp³-hybridized carbons (Fsp3) is 0.962. The zero-order valence-electron chi connectivity index (χ0n) is 20.2. The molecular formula is C26H45NO4. The monoisotopic (exact) mass is 435 g/mol. The average molecular weight is 436 g/mol. The molecule has 0 amide bonds. The first-order chi connectivity index (χ1) is 14.4. The number of aliphatic hydroxyl groups excluding tert-OH is 2. The normalized spacial score (nSPS) is 51.8. The van der Waals surface area contributed by atoms with E-state index < -0.39 is 23.6 Å². The van der Waals surface area contributed by atoms with Crippen molar-refractivity contribution in [1.29, 1.82) is 0 Å². The highest BCUT2D eigenvalue weighted by molar-refractivity contribution is 5.76. The van der Waals surface area contributed by atoms with Crippen LogP contribution in [0.2, 0.25) is 0 Å². The third kappa shape index (κ3) is 3.49. The number of fused-ring (bicyclic) bond motifs is 5. The van der Waals surface area contributed by atoms with Gasteiger partial charge < -0.3 is 20.6 Å². The number of hydrogen-bond donors (Lipinski definition) is 4. The Bertz CT molecular complexity index is 697. The van der Waals surface area contributed by atoms with Crippen LogP contribution in [-0.2, 0) is 4.79 Å². The maximum atomic E-state index is 12.4. The van der Waals surface area contributed by atoms with Crippen LogP contribution in [0.25, 0.3) is 0 Å². The summed E-state index contributed by atoms with van der Waals surface area (Å²) in [6, 6.07) is 0.275. The molecule has 5 unspecified atom stereocenters. The van der Waals surface area contributed by atoms with Crippen molar-refractivity contribution in [2.75, 3.05) is 6.54 Å².